The zero-order valence-electron chi connectivity index (χ0n) is 18.0. The minimum Gasteiger partial charge on any atom is -0.486 e. The highest BCUT2D eigenvalue weighted by molar-refractivity contribution is 14.1. The molecule has 1 aliphatic heterocycles. The number of benzene rings is 2. The van der Waals surface area contributed by atoms with E-state index in [2.05, 4.69) is 27.3 Å². The first-order valence-corrected chi connectivity index (χ1v) is 12.7. The number of imide groups is 1. The van der Waals surface area contributed by atoms with Crippen LogP contribution in [0.3, 0.4) is 0 Å². The van der Waals surface area contributed by atoms with Crippen molar-refractivity contribution >= 4 is 80.7 Å². The van der Waals surface area contributed by atoms with Gasteiger partial charge in [0.25, 0.3) is 11.1 Å². The lowest BCUT2D eigenvalue weighted by atomic mass is 10.2. The van der Waals surface area contributed by atoms with Crippen molar-refractivity contribution in [1.82, 2.24) is 4.90 Å². The number of rotatable bonds is 7. The van der Waals surface area contributed by atoms with E-state index in [0.717, 1.165) is 25.8 Å². The molecule has 1 aromatic heterocycles. The van der Waals surface area contributed by atoms with Crippen LogP contribution in [-0.2, 0) is 22.7 Å². The van der Waals surface area contributed by atoms with Gasteiger partial charge in [0.05, 0.1) is 28.6 Å². The number of carbonyl (C=O) groups is 3. The quantitative estimate of drug-likeness (QED) is 0.159. The third kappa shape index (κ3) is 6.03. The first-order chi connectivity index (χ1) is 16.7. The molecule has 2 heterocycles. The van der Waals surface area contributed by atoms with Crippen LogP contribution in [-0.4, -0.2) is 29.1 Å². The summed E-state index contributed by atoms with van der Waals surface area (Å²) in [6.45, 7) is 0.172. The molecule has 2 aromatic carbocycles. The number of halogens is 3. The molecule has 0 bridgehead atoms. The minimum absolute atomic E-state index is 0.0152. The van der Waals surface area contributed by atoms with Crippen LogP contribution in [0.4, 0.5) is 4.79 Å². The molecule has 3 aromatic rings. The van der Waals surface area contributed by atoms with Crippen LogP contribution in [0, 0.1) is 3.57 Å². The molecule has 0 aliphatic carbocycles. The summed E-state index contributed by atoms with van der Waals surface area (Å²) in [4.78, 5) is 38.0. The standard InChI is InChI=1S/C24H16Cl2INO6S/c1-32-23(30)19-7-6-16(34-19)11-28-22(29)20(35-24(28)31)10-14-8-17(25)21(18(26)9-14)33-12-13-2-4-15(27)5-3-13/h2-10H,11-12H2,1H3/b20-10+. The van der Waals surface area contributed by atoms with Crippen molar-refractivity contribution in [3.05, 3.63) is 89.7 Å². The van der Waals surface area contributed by atoms with E-state index in [4.69, 9.17) is 32.4 Å². The first kappa shape index (κ1) is 25.6. The summed E-state index contributed by atoms with van der Waals surface area (Å²) in [6.07, 6.45) is 1.54. The van der Waals surface area contributed by atoms with E-state index in [9.17, 15) is 14.4 Å². The second-order valence-electron chi connectivity index (χ2n) is 7.25. The Kier molecular flexibility index (Phi) is 8.10. The highest BCUT2D eigenvalue weighted by atomic mass is 127. The monoisotopic (exact) mass is 643 g/mol. The number of thioether (sulfide) groups is 1. The maximum atomic E-state index is 12.8. The third-order valence-electron chi connectivity index (χ3n) is 4.85. The lowest BCUT2D eigenvalue weighted by Gasteiger charge is -2.11. The number of hydrogen-bond acceptors (Lipinski definition) is 7. The molecule has 1 aliphatic rings. The lowest BCUT2D eigenvalue weighted by molar-refractivity contribution is -0.123. The normalized spacial score (nSPS) is 14.6. The molecule has 0 saturated carbocycles. The number of nitrogens with zero attached hydrogens (tertiary/aromatic N) is 1. The van der Waals surface area contributed by atoms with Crippen molar-refractivity contribution in [1.29, 1.82) is 0 Å². The second kappa shape index (κ2) is 11.1. The van der Waals surface area contributed by atoms with E-state index in [-0.39, 0.29) is 33.0 Å². The number of furan rings is 1. The van der Waals surface area contributed by atoms with Gasteiger partial charge in [-0.05, 0) is 88.0 Å². The van der Waals surface area contributed by atoms with Gasteiger partial charge in [-0.15, -0.1) is 0 Å². The highest BCUT2D eigenvalue weighted by Gasteiger charge is 2.36. The molecule has 4 rings (SSSR count). The average Bonchev–Trinajstić information content (AvgIpc) is 3.39. The van der Waals surface area contributed by atoms with Gasteiger partial charge in [-0.1, -0.05) is 35.3 Å². The fourth-order valence-electron chi connectivity index (χ4n) is 3.15. The van der Waals surface area contributed by atoms with Crippen molar-refractivity contribution in [3.8, 4) is 5.75 Å². The number of ether oxygens (including phenoxy) is 2. The Morgan fingerprint density at radius 1 is 1.11 bits per heavy atom. The second-order valence-corrected chi connectivity index (χ2v) is 10.3. The van der Waals surface area contributed by atoms with Crippen molar-refractivity contribution in [2.45, 2.75) is 13.2 Å². The van der Waals surface area contributed by atoms with Crippen LogP contribution < -0.4 is 4.74 Å². The van der Waals surface area contributed by atoms with Gasteiger partial charge < -0.3 is 13.9 Å². The SMILES string of the molecule is COC(=O)c1ccc(CN2C(=O)S/C(=C/c3cc(Cl)c(OCc4ccc(I)cc4)c(Cl)c3)C2=O)o1. The molecule has 0 atom stereocenters. The van der Waals surface area contributed by atoms with Crippen molar-refractivity contribution in [2.75, 3.05) is 7.11 Å². The Balaban J connectivity index is 1.47. The summed E-state index contributed by atoms with van der Waals surface area (Å²) in [6, 6.07) is 14.0. The van der Waals surface area contributed by atoms with Crippen LogP contribution in [0.25, 0.3) is 6.08 Å². The fraction of sp³-hybridized carbons (Fsp3) is 0.125. The van der Waals surface area contributed by atoms with Gasteiger partial charge in [-0.3, -0.25) is 14.5 Å². The van der Waals surface area contributed by atoms with Gasteiger partial charge in [-0.2, -0.15) is 0 Å². The topological polar surface area (TPSA) is 86.0 Å². The molecule has 1 fully saturated rings. The summed E-state index contributed by atoms with van der Waals surface area (Å²) >= 11 is 15.8. The van der Waals surface area contributed by atoms with Crippen LogP contribution in [0.5, 0.6) is 5.75 Å². The largest absolute Gasteiger partial charge is 0.486 e. The molecule has 180 valence electrons. The molecule has 0 radical (unpaired) electrons. The Morgan fingerprint density at radius 3 is 2.46 bits per heavy atom. The molecular weight excluding hydrogens is 628 g/mol. The summed E-state index contributed by atoms with van der Waals surface area (Å²) in [5, 5.41) is 0.0887. The van der Waals surface area contributed by atoms with Gasteiger partial charge in [0.2, 0.25) is 5.76 Å². The van der Waals surface area contributed by atoms with Crippen molar-refractivity contribution in [3.63, 3.8) is 0 Å². The smallest absolute Gasteiger partial charge is 0.373 e. The predicted molar refractivity (Wildman–Crippen MR) is 142 cm³/mol. The van der Waals surface area contributed by atoms with Crippen molar-refractivity contribution in [2.24, 2.45) is 0 Å². The highest BCUT2D eigenvalue weighted by Crippen LogP contribution is 2.38. The van der Waals surface area contributed by atoms with Crippen LogP contribution >= 0.6 is 57.6 Å². The number of carbonyl (C=O) groups excluding carboxylic acids is 3. The summed E-state index contributed by atoms with van der Waals surface area (Å²) in [7, 11) is 1.23. The average molecular weight is 644 g/mol. The van der Waals surface area contributed by atoms with Gasteiger partial charge in [-0.25, -0.2) is 4.79 Å². The Labute approximate surface area is 228 Å². The Hall–Kier alpha value is -2.47. The Bertz CT molecular complexity index is 1320. The van der Waals surface area contributed by atoms with Gasteiger partial charge >= 0.3 is 5.97 Å². The lowest BCUT2D eigenvalue weighted by Crippen LogP contribution is -2.27. The molecule has 1 saturated heterocycles. The van der Waals surface area contributed by atoms with E-state index >= 15 is 0 Å². The number of amides is 2. The third-order valence-corrected chi connectivity index (χ3v) is 7.04. The molecule has 11 heteroatoms. The zero-order valence-corrected chi connectivity index (χ0v) is 22.5. The molecular formula is C24H16Cl2INO6S. The fourth-order valence-corrected chi connectivity index (χ4v) is 4.96. The summed E-state index contributed by atoms with van der Waals surface area (Å²) in [5.74, 6) is -0.558. The van der Waals surface area contributed by atoms with E-state index in [0.29, 0.717) is 17.9 Å². The summed E-state index contributed by atoms with van der Waals surface area (Å²) < 4.78 is 16.9. The summed E-state index contributed by atoms with van der Waals surface area (Å²) in [5.41, 5.74) is 1.50. The first-order valence-electron chi connectivity index (χ1n) is 10.0. The Morgan fingerprint density at radius 2 is 1.80 bits per heavy atom. The van der Waals surface area contributed by atoms with E-state index in [1.807, 2.05) is 24.3 Å². The number of hydrogen-bond donors (Lipinski definition) is 0. The van der Waals surface area contributed by atoms with Crippen LogP contribution in [0.2, 0.25) is 10.0 Å². The van der Waals surface area contributed by atoms with Crippen molar-refractivity contribution < 1.29 is 28.3 Å². The van der Waals surface area contributed by atoms with E-state index in [1.165, 1.54) is 25.3 Å². The van der Waals surface area contributed by atoms with E-state index in [1.54, 1.807) is 12.1 Å². The minimum atomic E-state index is -0.648. The molecule has 0 spiro atoms. The molecule has 35 heavy (non-hydrogen) atoms. The molecule has 2 amide bonds. The van der Waals surface area contributed by atoms with E-state index < -0.39 is 17.1 Å². The molecule has 7 nitrogen and oxygen atoms in total. The molecule has 0 unspecified atom stereocenters. The number of methoxy groups -OCH3 is 1. The predicted octanol–water partition coefficient (Wildman–Crippen LogP) is 6.79. The maximum absolute atomic E-state index is 12.8. The van der Waals surface area contributed by atoms with Gasteiger partial charge in [0.15, 0.2) is 5.75 Å². The van der Waals surface area contributed by atoms with Gasteiger partial charge in [0.1, 0.15) is 12.4 Å². The maximum Gasteiger partial charge on any atom is 0.373 e. The molecule has 0 N–H and O–H groups in total. The van der Waals surface area contributed by atoms with Crippen LogP contribution in [0.1, 0.15) is 27.4 Å². The van der Waals surface area contributed by atoms with Gasteiger partial charge in [0, 0.05) is 3.57 Å². The number of esters is 1. The zero-order chi connectivity index (χ0) is 25.1. The van der Waals surface area contributed by atoms with Crippen LogP contribution in [0.15, 0.2) is 57.9 Å².